The van der Waals surface area contributed by atoms with Gasteiger partial charge >= 0.3 is 0 Å². The average molecular weight is 289 g/mol. The fraction of sp³-hybridized carbons (Fsp3) is 0.167. The van der Waals surface area contributed by atoms with Gasteiger partial charge in [-0.15, -0.1) is 0 Å². The summed E-state index contributed by atoms with van der Waals surface area (Å²) in [6, 6.07) is 5.67. The van der Waals surface area contributed by atoms with Crippen molar-refractivity contribution < 1.29 is 4.42 Å². The average Bonchev–Trinajstić information content (AvgIpc) is 3.05. The molecule has 0 saturated heterocycles. The lowest BCUT2D eigenvalue weighted by Gasteiger charge is -2.04. The van der Waals surface area contributed by atoms with Gasteiger partial charge in [0.25, 0.3) is 0 Å². The van der Waals surface area contributed by atoms with E-state index in [1.165, 1.54) is 0 Å². The number of nitrogens with zero attached hydrogens (tertiary/aromatic N) is 4. The van der Waals surface area contributed by atoms with Gasteiger partial charge in [-0.3, -0.25) is 0 Å². The molecule has 2 N–H and O–H groups in total. The number of nitriles is 1. The number of fused-ring (bicyclic) bond motifs is 1. The van der Waals surface area contributed by atoms with E-state index in [4.69, 9.17) is 21.3 Å². The van der Waals surface area contributed by atoms with Crippen molar-refractivity contribution >= 4 is 28.6 Å². The molecule has 3 rings (SSSR count). The largest absolute Gasteiger partial charge is 0.467 e. The van der Waals surface area contributed by atoms with Crippen LogP contribution in [0.4, 0.5) is 5.82 Å². The van der Waals surface area contributed by atoms with E-state index in [-0.39, 0.29) is 11.7 Å². The molecule has 0 amide bonds. The fourth-order valence-electron chi connectivity index (χ4n) is 1.79. The number of imidazole rings is 1. The molecule has 0 atom stereocenters. The SMILES string of the molecule is N#CCc1nc2c(NCc3ccco3)nc(Cl)nc2[nH]1. The van der Waals surface area contributed by atoms with Crippen molar-refractivity contribution in [1.29, 1.82) is 5.26 Å². The predicted molar refractivity (Wildman–Crippen MR) is 72.0 cm³/mol. The Bertz CT molecular complexity index is 773. The lowest BCUT2D eigenvalue weighted by atomic mass is 10.4. The molecule has 0 saturated carbocycles. The molecule has 0 bridgehead atoms. The molecule has 8 heteroatoms. The molecule has 0 unspecified atom stereocenters. The number of furan rings is 1. The number of halogens is 1. The lowest BCUT2D eigenvalue weighted by Crippen LogP contribution is -2.02. The standard InChI is InChI=1S/C12H9ClN6O/c13-12-18-10(15-6-7-2-1-5-20-7)9-11(19-12)17-8(16-9)3-4-14/h1-2,5H,3,6H2,(H2,15,16,17,18,19). The molecular weight excluding hydrogens is 280 g/mol. The number of H-pyrrole nitrogens is 1. The second-order valence-electron chi connectivity index (χ2n) is 3.99. The van der Waals surface area contributed by atoms with Crippen LogP contribution in [0.15, 0.2) is 22.8 Å². The van der Waals surface area contributed by atoms with Crippen molar-refractivity contribution in [3.63, 3.8) is 0 Å². The van der Waals surface area contributed by atoms with E-state index < -0.39 is 0 Å². The summed E-state index contributed by atoms with van der Waals surface area (Å²) in [7, 11) is 0. The third-order valence-corrected chi connectivity index (χ3v) is 2.79. The van der Waals surface area contributed by atoms with Gasteiger partial charge in [-0.05, 0) is 23.7 Å². The van der Waals surface area contributed by atoms with Crippen LogP contribution in [-0.2, 0) is 13.0 Å². The van der Waals surface area contributed by atoms with Crippen molar-refractivity contribution in [3.05, 3.63) is 35.3 Å². The maximum Gasteiger partial charge on any atom is 0.226 e. The smallest absolute Gasteiger partial charge is 0.226 e. The summed E-state index contributed by atoms with van der Waals surface area (Å²) in [6.07, 6.45) is 1.77. The molecular formula is C12H9ClN6O. The van der Waals surface area contributed by atoms with Crippen LogP contribution in [0.1, 0.15) is 11.6 Å². The summed E-state index contributed by atoms with van der Waals surface area (Å²) in [5.74, 6) is 1.79. The minimum atomic E-state index is 0.103. The third kappa shape index (κ3) is 2.41. The molecule has 3 aromatic rings. The van der Waals surface area contributed by atoms with Crippen LogP contribution in [0.25, 0.3) is 11.2 Å². The van der Waals surface area contributed by atoms with Gasteiger partial charge in [0.15, 0.2) is 17.0 Å². The molecule has 0 radical (unpaired) electrons. The Morgan fingerprint density at radius 2 is 2.30 bits per heavy atom. The van der Waals surface area contributed by atoms with Crippen molar-refractivity contribution in [1.82, 2.24) is 19.9 Å². The highest BCUT2D eigenvalue weighted by Crippen LogP contribution is 2.21. The zero-order valence-corrected chi connectivity index (χ0v) is 11.0. The van der Waals surface area contributed by atoms with E-state index in [0.29, 0.717) is 29.4 Å². The highest BCUT2D eigenvalue weighted by molar-refractivity contribution is 6.28. The summed E-state index contributed by atoms with van der Waals surface area (Å²) in [6.45, 7) is 0.454. The first-order valence-corrected chi connectivity index (χ1v) is 6.19. The van der Waals surface area contributed by atoms with Gasteiger partial charge in [0.1, 0.15) is 11.6 Å². The summed E-state index contributed by atoms with van der Waals surface area (Å²) in [5.41, 5.74) is 1.04. The highest BCUT2D eigenvalue weighted by Gasteiger charge is 2.12. The van der Waals surface area contributed by atoms with E-state index in [2.05, 4.69) is 25.3 Å². The molecule has 20 heavy (non-hydrogen) atoms. The summed E-state index contributed by atoms with van der Waals surface area (Å²) >= 11 is 5.87. The fourth-order valence-corrected chi connectivity index (χ4v) is 1.96. The van der Waals surface area contributed by atoms with Gasteiger partial charge in [0.05, 0.1) is 25.3 Å². The predicted octanol–water partition coefficient (Wildman–Crippen LogP) is 2.28. The number of rotatable bonds is 4. The van der Waals surface area contributed by atoms with Crippen LogP contribution in [0.2, 0.25) is 5.28 Å². The summed E-state index contributed by atoms with van der Waals surface area (Å²) in [4.78, 5) is 15.4. The summed E-state index contributed by atoms with van der Waals surface area (Å²) in [5, 5.41) is 11.9. The van der Waals surface area contributed by atoms with Crippen LogP contribution in [0, 0.1) is 11.3 Å². The van der Waals surface area contributed by atoms with Crippen LogP contribution < -0.4 is 5.32 Å². The monoisotopic (exact) mass is 288 g/mol. The van der Waals surface area contributed by atoms with Gasteiger partial charge in [-0.2, -0.15) is 15.2 Å². The number of hydrogen-bond donors (Lipinski definition) is 2. The molecule has 0 aromatic carbocycles. The Balaban J connectivity index is 1.94. The first-order chi connectivity index (χ1) is 9.76. The Kier molecular flexibility index (Phi) is 3.23. The number of anilines is 1. The second kappa shape index (κ2) is 5.19. The van der Waals surface area contributed by atoms with Crippen molar-refractivity contribution in [2.75, 3.05) is 5.32 Å². The van der Waals surface area contributed by atoms with Gasteiger partial charge in [0.2, 0.25) is 5.28 Å². The first kappa shape index (κ1) is 12.4. The third-order valence-electron chi connectivity index (χ3n) is 2.62. The Labute approximate surface area is 118 Å². The van der Waals surface area contributed by atoms with Crippen molar-refractivity contribution in [2.45, 2.75) is 13.0 Å². The molecule has 0 aliphatic carbocycles. The second-order valence-corrected chi connectivity index (χ2v) is 4.33. The van der Waals surface area contributed by atoms with E-state index in [9.17, 15) is 0 Å². The lowest BCUT2D eigenvalue weighted by molar-refractivity contribution is 0.518. The summed E-state index contributed by atoms with van der Waals surface area (Å²) < 4.78 is 5.23. The molecule has 7 nitrogen and oxygen atoms in total. The van der Waals surface area contributed by atoms with E-state index in [1.54, 1.807) is 12.3 Å². The first-order valence-electron chi connectivity index (χ1n) is 5.81. The zero-order chi connectivity index (χ0) is 13.9. The molecule has 3 heterocycles. The molecule has 100 valence electrons. The molecule has 0 aliphatic heterocycles. The van der Waals surface area contributed by atoms with E-state index in [0.717, 1.165) is 5.76 Å². The maximum atomic E-state index is 8.70. The van der Waals surface area contributed by atoms with Crippen LogP contribution in [0.5, 0.6) is 0 Å². The van der Waals surface area contributed by atoms with Crippen molar-refractivity contribution in [3.8, 4) is 6.07 Å². The normalized spacial score (nSPS) is 10.6. The van der Waals surface area contributed by atoms with E-state index in [1.807, 2.05) is 12.1 Å². The Morgan fingerprint density at radius 3 is 3.05 bits per heavy atom. The quantitative estimate of drug-likeness (QED) is 0.714. The number of aromatic nitrogens is 4. The van der Waals surface area contributed by atoms with E-state index >= 15 is 0 Å². The number of hydrogen-bond acceptors (Lipinski definition) is 6. The van der Waals surface area contributed by atoms with Crippen LogP contribution in [-0.4, -0.2) is 19.9 Å². The number of aromatic amines is 1. The van der Waals surface area contributed by atoms with Gasteiger partial charge < -0.3 is 14.7 Å². The highest BCUT2D eigenvalue weighted by atomic mass is 35.5. The van der Waals surface area contributed by atoms with Crippen LogP contribution in [0.3, 0.4) is 0 Å². The maximum absolute atomic E-state index is 8.70. The minimum absolute atomic E-state index is 0.103. The molecule has 0 fully saturated rings. The van der Waals surface area contributed by atoms with Crippen molar-refractivity contribution in [2.24, 2.45) is 0 Å². The topological polar surface area (TPSA) is 103 Å². The van der Waals surface area contributed by atoms with Gasteiger partial charge in [0, 0.05) is 0 Å². The minimum Gasteiger partial charge on any atom is -0.467 e. The zero-order valence-electron chi connectivity index (χ0n) is 10.2. The Hall–Kier alpha value is -2.59. The Morgan fingerprint density at radius 1 is 1.40 bits per heavy atom. The molecule has 3 aromatic heterocycles. The van der Waals surface area contributed by atoms with Crippen LogP contribution >= 0.6 is 11.6 Å². The molecule has 0 aliphatic rings. The molecule has 0 spiro atoms. The van der Waals surface area contributed by atoms with Gasteiger partial charge in [-0.1, -0.05) is 0 Å². The number of nitrogens with one attached hydrogen (secondary N) is 2. The van der Waals surface area contributed by atoms with Gasteiger partial charge in [-0.25, -0.2) is 4.98 Å².